The Kier molecular flexibility index (Phi) is 5.04. The Morgan fingerprint density at radius 2 is 1.43 bits per heavy atom. The van der Waals surface area contributed by atoms with Crippen molar-refractivity contribution in [1.82, 2.24) is 29.1 Å². The number of hydrogen-bond donors (Lipinski definition) is 0. The molecule has 0 N–H and O–H groups in total. The van der Waals surface area contributed by atoms with Gasteiger partial charge in [-0.05, 0) is 65.7 Å². The van der Waals surface area contributed by atoms with E-state index in [2.05, 4.69) is 62.1 Å². The Labute approximate surface area is 217 Å². The zero-order chi connectivity index (χ0) is 24.8. The van der Waals surface area contributed by atoms with Gasteiger partial charge in [0, 0.05) is 34.2 Å². The van der Waals surface area contributed by atoms with E-state index in [4.69, 9.17) is 16.6 Å². The minimum absolute atomic E-state index is 0.632. The molecule has 0 radical (unpaired) electrons. The van der Waals surface area contributed by atoms with Gasteiger partial charge in [0.1, 0.15) is 11.3 Å². The summed E-state index contributed by atoms with van der Waals surface area (Å²) >= 11 is 6.53. The first kappa shape index (κ1) is 21.5. The van der Waals surface area contributed by atoms with E-state index in [0.717, 1.165) is 50.6 Å². The first-order valence-corrected chi connectivity index (χ1v) is 12.2. The van der Waals surface area contributed by atoms with Gasteiger partial charge in [0.15, 0.2) is 17.1 Å². The van der Waals surface area contributed by atoms with Crippen LogP contribution in [-0.2, 0) is 0 Å². The number of hydrogen-bond acceptors (Lipinski definition) is 4. The van der Waals surface area contributed by atoms with Crippen LogP contribution in [0.5, 0.6) is 0 Å². The zero-order valence-electron chi connectivity index (χ0n) is 19.5. The van der Waals surface area contributed by atoms with E-state index in [0.29, 0.717) is 10.8 Å². The van der Waals surface area contributed by atoms with Crippen LogP contribution >= 0.6 is 11.6 Å². The first-order chi connectivity index (χ1) is 18.2. The quantitative estimate of drug-likeness (QED) is 0.259. The molecule has 0 aliphatic rings. The molecule has 7 rings (SSSR count). The number of halogens is 1. The molecule has 0 atom stereocenters. The molecule has 0 amide bonds. The lowest BCUT2D eigenvalue weighted by Gasteiger charge is -2.10. The standard InChI is InChI=1S/C30H19ClN6/c31-24-18-22(17-23(19-24)28-34-27-10-4-5-16-36(27)35-28)20-11-13-21(14-12-20)29-33-26-9-6-15-32-30(26)37(29)25-7-2-1-3-8-25/h1-19H. The van der Waals surface area contributed by atoms with Crippen molar-refractivity contribution in [3.63, 3.8) is 0 Å². The van der Waals surface area contributed by atoms with Crippen molar-refractivity contribution in [2.75, 3.05) is 0 Å². The highest BCUT2D eigenvalue weighted by atomic mass is 35.5. The Balaban J connectivity index is 1.30. The molecule has 6 nitrogen and oxygen atoms in total. The third-order valence-electron chi connectivity index (χ3n) is 6.30. The summed E-state index contributed by atoms with van der Waals surface area (Å²) in [5.41, 5.74) is 7.38. The molecule has 0 saturated carbocycles. The van der Waals surface area contributed by atoms with Crippen LogP contribution in [0.3, 0.4) is 0 Å². The Bertz CT molecular complexity index is 1850. The fraction of sp³-hybridized carbons (Fsp3) is 0. The minimum Gasteiger partial charge on any atom is -0.277 e. The maximum Gasteiger partial charge on any atom is 0.182 e. The number of imidazole rings is 1. The van der Waals surface area contributed by atoms with Gasteiger partial charge < -0.3 is 0 Å². The van der Waals surface area contributed by atoms with Gasteiger partial charge in [-0.2, -0.15) is 0 Å². The van der Waals surface area contributed by atoms with Crippen LogP contribution in [0.4, 0.5) is 0 Å². The van der Waals surface area contributed by atoms with Crippen LogP contribution in [0.1, 0.15) is 0 Å². The van der Waals surface area contributed by atoms with Gasteiger partial charge in [-0.25, -0.2) is 19.5 Å². The van der Waals surface area contributed by atoms with Crippen LogP contribution in [0.15, 0.2) is 116 Å². The Morgan fingerprint density at radius 3 is 2.27 bits per heavy atom. The van der Waals surface area contributed by atoms with E-state index in [1.165, 1.54) is 0 Å². The summed E-state index contributed by atoms with van der Waals surface area (Å²) in [6, 6.07) is 34.1. The number of rotatable bonds is 4. The molecule has 7 heteroatoms. The highest BCUT2D eigenvalue weighted by Crippen LogP contribution is 2.32. The second-order valence-electron chi connectivity index (χ2n) is 8.70. The highest BCUT2D eigenvalue weighted by molar-refractivity contribution is 6.31. The predicted octanol–water partition coefficient (Wildman–Crippen LogP) is 7.12. The molecular weight excluding hydrogens is 480 g/mol. The third kappa shape index (κ3) is 3.84. The first-order valence-electron chi connectivity index (χ1n) is 11.8. The molecule has 7 aromatic rings. The van der Waals surface area contributed by atoms with Crippen LogP contribution in [-0.4, -0.2) is 29.1 Å². The van der Waals surface area contributed by atoms with E-state index in [1.54, 1.807) is 10.7 Å². The van der Waals surface area contributed by atoms with Gasteiger partial charge in [-0.3, -0.25) is 4.57 Å². The summed E-state index contributed by atoms with van der Waals surface area (Å²) < 4.78 is 3.86. The van der Waals surface area contributed by atoms with Gasteiger partial charge in [-0.15, -0.1) is 5.10 Å². The number of para-hydroxylation sites is 1. The van der Waals surface area contributed by atoms with Crippen LogP contribution in [0.2, 0.25) is 5.02 Å². The molecule has 4 aromatic heterocycles. The molecule has 4 heterocycles. The molecule has 0 unspecified atom stereocenters. The highest BCUT2D eigenvalue weighted by Gasteiger charge is 2.16. The van der Waals surface area contributed by atoms with Crippen molar-refractivity contribution in [3.8, 4) is 39.6 Å². The largest absolute Gasteiger partial charge is 0.277 e. The average molecular weight is 499 g/mol. The molecule has 3 aromatic carbocycles. The summed E-state index contributed by atoms with van der Waals surface area (Å²) in [7, 11) is 0. The molecular formula is C30H19ClN6. The van der Waals surface area contributed by atoms with Gasteiger partial charge in [-0.1, -0.05) is 60.1 Å². The maximum absolute atomic E-state index is 6.53. The van der Waals surface area contributed by atoms with E-state index >= 15 is 0 Å². The molecule has 0 fully saturated rings. The third-order valence-corrected chi connectivity index (χ3v) is 6.52. The topological polar surface area (TPSA) is 60.9 Å². The maximum atomic E-state index is 6.53. The van der Waals surface area contributed by atoms with E-state index in [1.807, 2.05) is 66.9 Å². The average Bonchev–Trinajstić information content (AvgIpc) is 3.55. The van der Waals surface area contributed by atoms with Crippen molar-refractivity contribution in [2.24, 2.45) is 0 Å². The number of pyridine rings is 2. The van der Waals surface area contributed by atoms with E-state index in [9.17, 15) is 0 Å². The number of nitrogens with zero attached hydrogens (tertiary/aromatic N) is 6. The Hall–Kier alpha value is -4.81. The molecule has 0 spiro atoms. The minimum atomic E-state index is 0.632. The second-order valence-corrected chi connectivity index (χ2v) is 9.13. The summed E-state index contributed by atoms with van der Waals surface area (Å²) in [5.74, 6) is 1.47. The van der Waals surface area contributed by atoms with Crippen molar-refractivity contribution >= 4 is 28.4 Å². The normalized spacial score (nSPS) is 11.4. The number of aromatic nitrogens is 6. The van der Waals surface area contributed by atoms with Crippen molar-refractivity contribution in [1.29, 1.82) is 0 Å². The summed E-state index contributed by atoms with van der Waals surface area (Å²) in [4.78, 5) is 14.2. The van der Waals surface area contributed by atoms with Gasteiger partial charge in [0.25, 0.3) is 0 Å². The van der Waals surface area contributed by atoms with E-state index in [-0.39, 0.29) is 0 Å². The fourth-order valence-corrected chi connectivity index (χ4v) is 4.81. The molecule has 0 saturated heterocycles. The van der Waals surface area contributed by atoms with Crippen LogP contribution in [0.25, 0.3) is 56.4 Å². The van der Waals surface area contributed by atoms with Crippen molar-refractivity contribution < 1.29 is 0 Å². The molecule has 0 aliphatic carbocycles. The smallest absolute Gasteiger partial charge is 0.182 e. The Morgan fingerprint density at radius 1 is 0.649 bits per heavy atom. The monoisotopic (exact) mass is 498 g/mol. The van der Waals surface area contributed by atoms with Gasteiger partial charge in [0.05, 0.1) is 0 Å². The molecule has 176 valence electrons. The van der Waals surface area contributed by atoms with Crippen LogP contribution < -0.4 is 0 Å². The summed E-state index contributed by atoms with van der Waals surface area (Å²) in [5, 5.41) is 5.23. The van der Waals surface area contributed by atoms with Crippen LogP contribution in [0, 0.1) is 0 Å². The molecule has 0 aliphatic heterocycles. The molecule has 0 bridgehead atoms. The SMILES string of the molecule is Clc1cc(-c2ccc(-c3nc4cccnc4n3-c3ccccc3)cc2)cc(-c2nc3ccccn3n2)c1. The lowest BCUT2D eigenvalue weighted by atomic mass is 10.0. The lowest BCUT2D eigenvalue weighted by molar-refractivity contribution is 0.966. The van der Waals surface area contributed by atoms with Gasteiger partial charge in [0.2, 0.25) is 0 Å². The van der Waals surface area contributed by atoms with E-state index < -0.39 is 0 Å². The summed E-state index contributed by atoms with van der Waals surface area (Å²) in [6.45, 7) is 0. The molecule has 37 heavy (non-hydrogen) atoms. The predicted molar refractivity (Wildman–Crippen MR) is 147 cm³/mol. The zero-order valence-corrected chi connectivity index (χ0v) is 20.3. The second kappa shape index (κ2) is 8.69. The number of fused-ring (bicyclic) bond motifs is 2. The number of benzene rings is 3. The fourth-order valence-electron chi connectivity index (χ4n) is 4.58. The summed E-state index contributed by atoms with van der Waals surface area (Å²) in [6.07, 6.45) is 3.68. The van der Waals surface area contributed by atoms with Crippen molar-refractivity contribution in [2.45, 2.75) is 0 Å². The van der Waals surface area contributed by atoms with Crippen molar-refractivity contribution in [3.05, 3.63) is 121 Å². The van der Waals surface area contributed by atoms with Gasteiger partial charge >= 0.3 is 0 Å². The lowest BCUT2D eigenvalue weighted by Crippen LogP contribution is -1.98.